The molecule has 0 saturated carbocycles. The molecule has 0 bridgehead atoms. The Bertz CT molecular complexity index is 680. The Morgan fingerprint density at radius 1 is 0.857 bits per heavy atom. The van der Waals surface area contributed by atoms with Gasteiger partial charge >= 0.3 is 0 Å². The summed E-state index contributed by atoms with van der Waals surface area (Å²) >= 11 is 0. The molecule has 2 N–H and O–H groups in total. The molecule has 0 heterocycles. The molecule has 28 heavy (non-hydrogen) atoms. The summed E-state index contributed by atoms with van der Waals surface area (Å²) in [6.45, 7) is 8.83. The zero-order chi connectivity index (χ0) is 19.2. The average molecular weight is 497 g/mol. The van der Waals surface area contributed by atoms with Gasteiger partial charge < -0.3 is 20.1 Å². The number of rotatable bonds is 11. The third kappa shape index (κ3) is 10.1. The second-order valence-electron chi connectivity index (χ2n) is 6.10. The van der Waals surface area contributed by atoms with E-state index in [-0.39, 0.29) is 24.0 Å². The van der Waals surface area contributed by atoms with Crippen LogP contribution in [0.2, 0.25) is 0 Å². The molecule has 0 aliphatic carbocycles. The van der Waals surface area contributed by atoms with Crippen LogP contribution in [-0.2, 0) is 29.2 Å². The lowest BCUT2D eigenvalue weighted by Gasteiger charge is -2.11. The quantitative estimate of drug-likeness (QED) is 0.212. The summed E-state index contributed by atoms with van der Waals surface area (Å²) in [5.41, 5.74) is 3.55. The highest BCUT2D eigenvalue weighted by Crippen LogP contribution is 2.08. The number of nitrogens with zero attached hydrogens (tertiary/aromatic N) is 1. The number of benzene rings is 2. The van der Waals surface area contributed by atoms with Crippen molar-refractivity contribution in [1.29, 1.82) is 0 Å². The first-order chi connectivity index (χ1) is 13.3. The minimum atomic E-state index is 0. The Morgan fingerprint density at radius 2 is 1.57 bits per heavy atom. The standard InChI is InChI=1S/C22H31N3O2.HI/c1-3-23-22(24-16-19-9-6-5-7-10-19)25-17-20-11-8-12-21(15-20)18-27-14-13-26-4-2;/h5-12,15H,3-4,13-14,16-18H2,1-2H3,(H2,23,24,25);1H. The molecular formula is C22H32IN3O2. The van der Waals surface area contributed by atoms with Crippen LogP contribution >= 0.6 is 24.0 Å². The van der Waals surface area contributed by atoms with E-state index in [4.69, 9.17) is 14.5 Å². The van der Waals surface area contributed by atoms with E-state index < -0.39 is 0 Å². The number of guanidine groups is 1. The zero-order valence-corrected chi connectivity index (χ0v) is 19.1. The Labute approximate surface area is 186 Å². The molecule has 0 spiro atoms. The fraction of sp³-hybridized carbons (Fsp3) is 0.409. The minimum Gasteiger partial charge on any atom is -0.379 e. The van der Waals surface area contributed by atoms with Crippen LogP contribution in [-0.4, -0.2) is 32.3 Å². The second-order valence-corrected chi connectivity index (χ2v) is 6.10. The van der Waals surface area contributed by atoms with E-state index in [9.17, 15) is 0 Å². The molecule has 2 aromatic rings. The molecule has 6 heteroatoms. The van der Waals surface area contributed by atoms with Crippen LogP contribution in [0.15, 0.2) is 59.6 Å². The number of aliphatic imine (C=N–C) groups is 1. The minimum absolute atomic E-state index is 0. The molecule has 0 atom stereocenters. The highest BCUT2D eigenvalue weighted by molar-refractivity contribution is 14.0. The molecular weight excluding hydrogens is 465 g/mol. The summed E-state index contributed by atoms with van der Waals surface area (Å²) in [5.74, 6) is 0.819. The van der Waals surface area contributed by atoms with Crippen molar-refractivity contribution >= 4 is 29.9 Å². The zero-order valence-electron chi connectivity index (χ0n) is 16.8. The topological polar surface area (TPSA) is 54.9 Å². The molecule has 0 aromatic heterocycles. The van der Waals surface area contributed by atoms with Crippen LogP contribution in [0.25, 0.3) is 0 Å². The van der Waals surface area contributed by atoms with E-state index in [2.05, 4.69) is 54.0 Å². The van der Waals surface area contributed by atoms with Gasteiger partial charge in [-0.3, -0.25) is 0 Å². The van der Waals surface area contributed by atoms with Gasteiger partial charge in [0.2, 0.25) is 0 Å². The predicted molar refractivity (Wildman–Crippen MR) is 126 cm³/mol. The third-order valence-electron chi connectivity index (χ3n) is 3.90. The maximum absolute atomic E-state index is 5.64. The molecule has 0 unspecified atom stereocenters. The van der Waals surface area contributed by atoms with Gasteiger partial charge in [-0.15, -0.1) is 24.0 Å². The predicted octanol–water partition coefficient (Wildman–Crippen LogP) is 4.11. The smallest absolute Gasteiger partial charge is 0.191 e. The third-order valence-corrected chi connectivity index (χ3v) is 3.90. The summed E-state index contributed by atoms with van der Waals surface area (Å²) < 4.78 is 10.9. The van der Waals surface area contributed by atoms with Crippen LogP contribution in [0.5, 0.6) is 0 Å². The Kier molecular flexibility index (Phi) is 13.3. The van der Waals surface area contributed by atoms with Gasteiger partial charge in [0.05, 0.1) is 26.4 Å². The number of nitrogens with one attached hydrogen (secondary N) is 2. The van der Waals surface area contributed by atoms with Crippen molar-refractivity contribution in [1.82, 2.24) is 10.6 Å². The monoisotopic (exact) mass is 497 g/mol. The number of halogens is 1. The maximum atomic E-state index is 5.64. The summed E-state index contributed by atoms with van der Waals surface area (Å²) in [7, 11) is 0. The van der Waals surface area contributed by atoms with Gasteiger partial charge in [0.15, 0.2) is 5.96 Å². The van der Waals surface area contributed by atoms with Crippen LogP contribution in [0.4, 0.5) is 0 Å². The van der Waals surface area contributed by atoms with Crippen molar-refractivity contribution in [2.45, 2.75) is 33.5 Å². The van der Waals surface area contributed by atoms with Crippen molar-refractivity contribution in [3.63, 3.8) is 0 Å². The van der Waals surface area contributed by atoms with Crippen molar-refractivity contribution in [3.05, 3.63) is 71.3 Å². The molecule has 2 rings (SSSR count). The molecule has 0 radical (unpaired) electrons. The molecule has 0 fully saturated rings. The van der Waals surface area contributed by atoms with Gasteiger partial charge in [0.1, 0.15) is 0 Å². The van der Waals surface area contributed by atoms with E-state index in [1.807, 2.05) is 25.1 Å². The van der Waals surface area contributed by atoms with E-state index >= 15 is 0 Å². The van der Waals surface area contributed by atoms with Crippen molar-refractivity contribution in [3.8, 4) is 0 Å². The molecule has 5 nitrogen and oxygen atoms in total. The number of hydrogen-bond acceptors (Lipinski definition) is 3. The van der Waals surface area contributed by atoms with E-state index in [1.54, 1.807) is 0 Å². The van der Waals surface area contributed by atoms with E-state index in [1.165, 1.54) is 5.56 Å². The van der Waals surface area contributed by atoms with Gasteiger partial charge in [-0.2, -0.15) is 0 Å². The lowest BCUT2D eigenvalue weighted by atomic mass is 10.1. The van der Waals surface area contributed by atoms with Crippen LogP contribution in [0.3, 0.4) is 0 Å². The summed E-state index contributed by atoms with van der Waals surface area (Å²) in [5, 5.41) is 6.67. The Balaban J connectivity index is 0.00000392. The first kappa shape index (κ1) is 24.4. The Morgan fingerprint density at radius 3 is 2.32 bits per heavy atom. The lowest BCUT2D eigenvalue weighted by Crippen LogP contribution is -2.36. The number of hydrogen-bond donors (Lipinski definition) is 2. The van der Waals surface area contributed by atoms with E-state index in [0.717, 1.165) is 36.8 Å². The molecule has 0 saturated heterocycles. The first-order valence-electron chi connectivity index (χ1n) is 9.61. The van der Waals surface area contributed by atoms with Crippen LogP contribution in [0, 0.1) is 0 Å². The maximum Gasteiger partial charge on any atom is 0.191 e. The average Bonchev–Trinajstić information content (AvgIpc) is 2.71. The van der Waals surface area contributed by atoms with Gasteiger partial charge in [-0.05, 0) is 30.5 Å². The fourth-order valence-electron chi connectivity index (χ4n) is 2.56. The Hall–Kier alpha value is -1.64. The SMILES string of the molecule is CCNC(=NCc1cccc(COCCOCC)c1)NCc1ccccc1.I. The summed E-state index contributed by atoms with van der Waals surface area (Å²) in [6, 6.07) is 18.7. The fourth-order valence-corrected chi connectivity index (χ4v) is 2.56. The molecule has 0 aliphatic heterocycles. The molecule has 0 amide bonds. The van der Waals surface area contributed by atoms with Gasteiger partial charge in [-0.1, -0.05) is 54.6 Å². The number of ether oxygens (including phenoxy) is 2. The normalized spacial score (nSPS) is 11.0. The highest BCUT2D eigenvalue weighted by Gasteiger charge is 2.00. The van der Waals surface area contributed by atoms with E-state index in [0.29, 0.717) is 26.4 Å². The van der Waals surface area contributed by atoms with Crippen molar-refractivity contribution in [2.75, 3.05) is 26.4 Å². The van der Waals surface area contributed by atoms with Crippen molar-refractivity contribution < 1.29 is 9.47 Å². The molecule has 0 aliphatic rings. The molecule has 154 valence electrons. The second kappa shape index (κ2) is 15.3. The van der Waals surface area contributed by atoms with Gasteiger partial charge in [0, 0.05) is 19.7 Å². The van der Waals surface area contributed by atoms with Gasteiger partial charge in [0.25, 0.3) is 0 Å². The van der Waals surface area contributed by atoms with Crippen LogP contribution < -0.4 is 10.6 Å². The van der Waals surface area contributed by atoms with Crippen LogP contribution in [0.1, 0.15) is 30.5 Å². The lowest BCUT2D eigenvalue weighted by molar-refractivity contribution is 0.0453. The largest absolute Gasteiger partial charge is 0.379 e. The highest BCUT2D eigenvalue weighted by atomic mass is 127. The molecule has 2 aromatic carbocycles. The summed E-state index contributed by atoms with van der Waals surface area (Å²) in [4.78, 5) is 4.69. The summed E-state index contributed by atoms with van der Waals surface area (Å²) in [6.07, 6.45) is 0. The first-order valence-corrected chi connectivity index (χ1v) is 9.61. The van der Waals surface area contributed by atoms with Crippen molar-refractivity contribution in [2.24, 2.45) is 4.99 Å². The van der Waals surface area contributed by atoms with Gasteiger partial charge in [-0.25, -0.2) is 4.99 Å².